The number of rotatable bonds is 3. The zero-order valence-electron chi connectivity index (χ0n) is 17.8. The van der Waals surface area contributed by atoms with Crippen molar-refractivity contribution in [1.29, 1.82) is 0 Å². The summed E-state index contributed by atoms with van der Waals surface area (Å²) in [6.07, 6.45) is 4.61. The summed E-state index contributed by atoms with van der Waals surface area (Å²) in [4.78, 5) is 21.4. The minimum Gasteiger partial charge on any atom is -0.395 e. The number of carbonyl (C=O) groups is 1. The van der Waals surface area contributed by atoms with Crippen molar-refractivity contribution in [2.45, 2.75) is 43.9 Å². The van der Waals surface area contributed by atoms with Gasteiger partial charge in [0.25, 0.3) is 5.91 Å². The second-order valence-electron chi connectivity index (χ2n) is 8.34. The normalized spacial score (nSPS) is 24.6. The number of pyridine rings is 1. The molecular weight excluding hydrogens is 390 g/mol. The fraction of sp³-hybridized carbons (Fsp3) is 0.440. The molecule has 2 saturated heterocycles. The van der Waals surface area contributed by atoms with Crippen LogP contribution in [0.3, 0.4) is 0 Å². The molecule has 2 aliphatic heterocycles. The van der Waals surface area contributed by atoms with E-state index in [1.54, 1.807) is 31.5 Å². The Labute approximate surface area is 183 Å². The molecule has 4 rings (SSSR count). The Morgan fingerprint density at radius 1 is 1.16 bits per heavy atom. The van der Waals surface area contributed by atoms with Gasteiger partial charge in [0.2, 0.25) is 0 Å². The Hall–Kier alpha value is -2.72. The van der Waals surface area contributed by atoms with Gasteiger partial charge in [-0.05, 0) is 56.1 Å². The lowest BCUT2D eigenvalue weighted by Gasteiger charge is -2.57. The number of aromatic nitrogens is 1. The zero-order valence-corrected chi connectivity index (χ0v) is 17.8. The molecular formula is C25H29N3O3. The second kappa shape index (κ2) is 9.61. The van der Waals surface area contributed by atoms with Crippen LogP contribution in [0, 0.1) is 11.8 Å². The van der Waals surface area contributed by atoms with Crippen LogP contribution in [-0.2, 0) is 0 Å². The summed E-state index contributed by atoms with van der Waals surface area (Å²) in [5.41, 5.74) is 2.67. The summed E-state index contributed by atoms with van der Waals surface area (Å²) >= 11 is 0. The molecule has 6 nitrogen and oxygen atoms in total. The average Bonchev–Trinajstić information content (AvgIpc) is 2.77. The summed E-state index contributed by atoms with van der Waals surface area (Å²) in [5, 5.41) is 19.5. The second-order valence-corrected chi connectivity index (χ2v) is 8.34. The first kappa shape index (κ1) is 21.5. The van der Waals surface area contributed by atoms with Crippen LogP contribution in [0.15, 0.2) is 48.8 Å². The number of aliphatic hydroxyl groups is 2. The first-order valence-corrected chi connectivity index (χ1v) is 10.9. The molecule has 2 aliphatic rings. The van der Waals surface area contributed by atoms with E-state index in [0.29, 0.717) is 12.1 Å². The first-order valence-electron chi connectivity index (χ1n) is 10.9. The smallest absolute Gasteiger partial charge is 0.254 e. The minimum absolute atomic E-state index is 0.0409. The van der Waals surface area contributed by atoms with Crippen LogP contribution in [0.4, 0.5) is 0 Å². The molecule has 1 aromatic carbocycles. The zero-order chi connectivity index (χ0) is 21.8. The van der Waals surface area contributed by atoms with Crippen molar-refractivity contribution in [1.82, 2.24) is 14.8 Å². The van der Waals surface area contributed by atoms with Crippen molar-refractivity contribution < 1.29 is 15.0 Å². The number of carbonyl (C=O) groups excluding carboxylic acids is 1. The van der Waals surface area contributed by atoms with Crippen molar-refractivity contribution in [3.05, 3.63) is 65.5 Å². The molecule has 2 fully saturated rings. The molecule has 1 amide bonds. The van der Waals surface area contributed by atoms with Crippen LogP contribution in [0.1, 0.15) is 47.2 Å². The highest BCUT2D eigenvalue weighted by Crippen LogP contribution is 2.42. The van der Waals surface area contributed by atoms with E-state index in [-0.39, 0.29) is 30.5 Å². The van der Waals surface area contributed by atoms with Crippen LogP contribution in [0.25, 0.3) is 0 Å². The van der Waals surface area contributed by atoms with Gasteiger partial charge in [-0.15, -0.1) is 0 Å². The van der Waals surface area contributed by atoms with Crippen LogP contribution < -0.4 is 0 Å². The lowest BCUT2D eigenvalue weighted by molar-refractivity contribution is -0.0606. The van der Waals surface area contributed by atoms with Crippen molar-refractivity contribution in [3.63, 3.8) is 0 Å². The van der Waals surface area contributed by atoms with Crippen LogP contribution >= 0.6 is 0 Å². The first-order chi connectivity index (χ1) is 15.1. The molecule has 6 heteroatoms. The van der Waals surface area contributed by atoms with Gasteiger partial charge in [-0.2, -0.15) is 0 Å². The fourth-order valence-electron chi connectivity index (χ4n) is 4.78. The molecule has 0 bridgehead atoms. The number of fused-ring (bicyclic) bond motifs is 1. The maximum absolute atomic E-state index is 13.1. The molecule has 0 spiro atoms. The summed E-state index contributed by atoms with van der Waals surface area (Å²) in [5.74, 6) is 5.93. The minimum atomic E-state index is -0.655. The maximum atomic E-state index is 13.1. The van der Waals surface area contributed by atoms with E-state index in [2.05, 4.69) is 33.9 Å². The Morgan fingerprint density at radius 2 is 1.87 bits per heavy atom. The Kier molecular flexibility index (Phi) is 6.67. The van der Waals surface area contributed by atoms with Crippen molar-refractivity contribution in [3.8, 4) is 11.8 Å². The van der Waals surface area contributed by atoms with E-state index in [0.717, 1.165) is 37.1 Å². The highest BCUT2D eigenvalue weighted by molar-refractivity contribution is 5.94. The standard InChI is InChI=1S/C25H29N3O3/c1-18(30)4-5-19-6-8-20(9-7-19)24-22-16-27(25(31)21-10-12-26-13-11-21)14-2-3-15-28(22)23(24)17-29/h6-13,18,22-24,29-30H,2-3,14-17H2,1H3/t18-,22+,23-,24-/m0/s1. The number of aliphatic hydroxyl groups excluding tert-OH is 2. The summed E-state index contributed by atoms with van der Waals surface area (Å²) in [6.45, 7) is 4.08. The molecule has 162 valence electrons. The van der Waals surface area contributed by atoms with Crippen molar-refractivity contribution in [2.24, 2.45) is 0 Å². The number of benzene rings is 1. The van der Waals surface area contributed by atoms with Gasteiger partial charge in [-0.1, -0.05) is 24.0 Å². The van der Waals surface area contributed by atoms with E-state index in [1.165, 1.54) is 0 Å². The molecule has 4 atom stereocenters. The molecule has 1 aromatic heterocycles. The number of hydrogen-bond donors (Lipinski definition) is 2. The van der Waals surface area contributed by atoms with Crippen molar-refractivity contribution >= 4 is 5.91 Å². The van der Waals surface area contributed by atoms with E-state index >= 15 is 0 Å². The number of hydrogen-bond acceptors (Lipinski definition) is 5. The van der Waals surface area contributed by atoms with E-state index in [9.17, 15) is 15.0 Å². The van der Waals surface area contributed by atoms with Gasteiger partial charge in [0.1, 0.15) is 6.10 Å². The van der Waals surface area contributed by atoms with Crippen LogP contribution in [-0.4, -0.2) is 75.3 Å². The molecule has 0 aliphatic carbocycles. The van der Waals surface area contributed by atoms with Gasteiger partial charge >= 0.3 is 0 Å². The Bertz CT molecular complexity index is 949. The molecule has 2 N–H and O–H groups in total. The van der Waals surface area contributed by atoms with Crippen LogP contribution in [0.5, 0.6) is 0 Å². The highest BCUT2D eigenvalue weighted by atomic mass is 16.3. The molecule has 2 aromatic rings. The van der Waals surface area contributed by atoms with Gasteiger partial charge in [0.15, 0.2) is 0 Å². The topological polar surface area (TPSA) is 76.9 Å². The quantitative estimate of drug-likeness (QED) is 0.743. The highest BCUT2D eigenvalue weighted by Gasteiger charge is 2.49. The van der Waals surface area contributed by atoms with Gasteiger partial charge in [-0.25, -0.2) is 0 Å². The molecule has 0 radical (unpaired) electrons. The number of nitrogens with zero attached hydrogens (tertiary/aromatic N) is 3. The SMILES string of the molecule is C[C@H](O)C#Cc1ccc([C@H]2[C@H]3CN(C(=O)c4ccncc4)CCCCN3[C@H]2CO)cc1. The largest absolute Gasteiger partial charge is 0.395 e. The lowest BCUT2D eigenvalue weighted by Crippen LogP contribution is -2.67. The molecule has 3 heterocycles. The Morgan fingerprint density at radius 3 is 2.55 bits per heavy atom. The molecule has 0 saturated carbocycles. The van der Waals surface area contributed by atoms with Gasteiger partial charge in [-0.3, -0.25) is 14.7 Å². The molecule has 31 heavy (non-hydrogen) atoms. The monoisotopic (exact) mass is 419 g/mol. The molecule has 0 unspecified atom stereocenters. The number of amides is 1. The maximum Gasteiger partial charge on any atom is 0.254 e. The van der Waals surface area contributed by atoms with Gasteiger partial charge < -0.3 is 15.1 Å². The summed E-state index contributed by atoms with van der Waals surface area (Å²) in [7, 11) is 0. The summed E-state index contributed by atoms with van der Waals surface area (Å²) < 4.78 is 0. The predicted molar refractivity (Wildman–Crippen MR) is 118 cm³/mol. The average molecular weight is 420 g/mol. The lowest BCUT2D eigenvalue weighted by atomic mass is 9.74. The van der Waals surface area contributed by atoms with E-state index in [1.807, 2.05) is 17.0 Å². The van der Waals surface area contributed by atoms with Crippen molar-refractivity contribution in [2.75, 3.05) is 26.2 Å². The Balaban J connectivity index is 1.56. The van der Waals surface area contributed by atoms with Crippen LogP contribution in [0.2, 0.25) is 0 Å². The van der Waals surface area contributed by atoms with E-state index < -0.39 is 6.10 Å². The third-order valence-corrected chi connectivity index (χ3v) is 6.31. The van der Waals surface area contributed by atoms with Gasteiger partial charge in [0, 0.05) is 54.6 Å². The summed E-state index contributed by atoms with van der Waals surface area (Å²) in [6, 6.07) is 11.8. The van der Waals surface area contributed by atoms with E-state index in [4.69, 9.17) is 0 Å². The third-order valence-electron chi connectivity index (χ3n) is 6.31. The van der Waals surface area contributed by atoms with Gasteiger partial charge in [0.05, 0.1) is 6.61 Å². The third kappa shape index (κ3) is 4.64. The fourth-order valence-corrected chi connectivity index (χ4v) is 4.78. The predicted octanol–water partition coefficient (Wildman–Crippen LogP) is 1.88.